The zero-order valence-electron chi connectivity index (χ0n) is 50.3. The first-order chi connectivity index (χ1) is 42.8. The van der Waals surface area contributed by atoms with Crippen molar-refractivity contribution in [2.24, 2.45) is 44.6 Å². The molecule has 91 heavy (non-hydrogen) atoms. The number of hydrogen-bond donors (Lipinski definition) is 18. The highest BCUT2D eigenvalue weighted by atomic mass is 16.6. The number of nitrogens with one attached hydrogen (secondary N) is 10. The van der Waals surface area contributed by atoms with E-state index in [2.05, 4.69) is 63.2 Å². The maximum Gasteiger partial charge on any atom is 0.305 e. The lowest BCUT2D eigenvalue weighted by atomic mass is 10.0. The van der Waals surface area contributed by atoms with E-state index in [4.69, 9.17) is 34.4 Å². The Morgan fingerprint density at radius 2 is 1.01 bits per heavy atom. The lowest BCUT2D eigenvalue weighted by molar-refractivity contribution is -0.393. The molecule has 0 radical (unpaired) electrons. The van der Waals surface area contributed by atoms with Gasteiger partial charge in [0.25, 0.3) is 17.3 Å². The van der Waals surface area contributed by atoms with E-state index in [1.807, 2.05) is 0 Å². The molecule has 0 saturated carbocycles. The van der Waals surface area contributed by atoms with Gasteiger partial charge in [-0.25, -0.2) is 0 Å². The molecular weight excluding hydrogens is 1200 g/mol. The summed E-state index contributed by atoms with van der Waals surface area (Å²) in [5.41, 5.74) is 31.9. The van der Waals surface area contributed by atoms with Crippen molar-refractivity contribution in [3.05, 3.63) is 68.3 Å². The van der Waals surface area contributed by atoms with E-state index in [1.54, 1.807) is 32.9 Å². The van der Waals surface area contributed by atoms with Crippen LogP contribution in [0.3, 0.4) is 0 Å². The van der Waals surface area contributed by atoms with Gasteiger partial charge in [0, 0.05) is 44.4 Å². The van der Waals surface area contributed by atoms with Crippen molar-refractivity contribution in [1.82, 2.24) is 47.9 Å². The van der Waals surface area contributed by atoms with Gasteiger partial charge >= 0.3 is 11.9 Å². The van der Waals surface area contributed by atoms with E-state index in [0.29, 0.717) is 0 Å². The molecule has 0 aliphatic carbocycles. The second-order valence-electron chi connectivity index (χ2n) is 20.7. The number of para-hydroxylation sites is 1. The molecule has 38 heteroatoms. The molecule has 0 saturated heterocycles. The number of benzene rings is 2. The third-order valence-corrected chi connectivity index (χ3v) is 13.0. The van der Waals surface area contributed by atoms with Crippen LogP contribution in [-0.4, -0.2) is 178 Å². The number of non-ortho nitro benzene ring substituents is 1. The summed E-state index contributed by atoms with van der Waals surface area (Å²) < 4.78 is 0. The molecule has 0 aliphatic rings. The molecule has 0 fully saturated rings. The van der Waals surface area contributed by atoms with E-state index in [0.717, 1.165) is 18.2 Å². The summed E-state index contributed by atoms with van der Waals surface area (Å²) in [6.07, 6.45) is -3.87. The summed E-state index contributed by atoms with van der Waals surface area (Å²) in [6.45, 7) is 5.27. The Kier molecular flexibility index (Phi) is 32.1. The van der Waals surface area contributed by atoms with Crippen LogP contribution in [0.5, 0.6) is 0 Å². The minimum Gasteiger partial charge on any atom is -0.481 e. The lowest BCUT2D eigenvalue weighted by Crippen LogP contribution is -2.60. The Hall–Kier alpha value is -11.0. The molecule has 38 nitrogen and oxygen atoms in total. The molecule has 0 unspecified atom stereocenters. The van der Waals surface area contributed by atoms with Crippen LogP contribution in [-0.2, 0) is 52.7 Å². The van der Waals surface area contributed by atoms with Gasteiger partial charge in [0.15, 0.2) is 11.9 Å². The summed E-state index contributed by atoms with van der Waals surface area (Å²) in [4.78, 5) is 189. The first-order valence-electron chi connectivity index (χ1n) is 28.3. The number of amides is 10. The maximum atomic E-state index is 14.2. The molecule has 10 amide bonds. The van der Waals surface area contributed by atoms with Crippen molar-refractivity contribution < 1.29 is 77.6 Å². The summed E-state index contributed by atoms with van der Waals surface area (Å²) in [5.74, 6) is -14.8. The third-order valence-electron chi connectivity index (χ3n) is 13.0. The van der Waals surface area contributed by atoms with Crippen LogP contribution in [0.4, 0.5) is 22.7 Å². The number of anilines is 2. The van der Waals surface area contributed by atoms with Gasteiger partial charge in [-0.2, -0.15) is 0 Å². The number of nitrogens with two attached hydrogens (primary N) is 6. The van der Waals surface area contributed by atoms with Crippen molar-refractivity contribution in [2.75, 3.05) is 37.2 Å². The molecule has 0 heterocycles. The predicted molar refractivity (Wildman–Crippen MR) is 325 cm³/mol. The fourth-order valence-corrected chi connectivity index (χ4v) is 8.35. The SMILES string of the molecule is CCC[C@H](NC(=O)[C@H](CC(=O)O)NC(=O)[C@H](C)NC(=O)[C@@H](NC(=O)c1ccccc1N)C(C)C)C(=O)N[C@@H](CCCN=C(N)N)C(=O)N[C@@H](CC(=O)O)C(=O)N[C@@H](CCCN=C(N)N)C(=O)N[C@@H](CCC(N)=O)C(=O)NCCNc1ccc([N+](=O)[O-])cc1[N+](=O)[O-]. The van der Waals surface area contributed by atoms with Gasteiger partial charge in [0.05, 0.1) is 34.3 Å². The van der Waals surface area contributed by atoms with Crippen molar-refractivity contribution in [3.8, 4) is 0 Å². The van der Waals surface area contributed by atoms with Crippen LogP contribution in [0.15, 0.2) is 52.4 Å². The van der Waals surface area contributed by atoms with Crippen molar-refractivity contribution in [2.45, 2.75) is 140 Å². The average molecular weight is 1290 g/mol. The number of carboxylic acid groups (broad SMARTS) is 2. The molecule has 0 spiro atoms. The standard InChI is InChI=1S/C53H80N20O18/c1-5-10-32(65-49(85)36(24-40(75)76)69-43(79)27(4)64-51(87)42(26(2)3)71-44(80)29-11-6-7-12-30(29)54)46(82)66-34(14-9-20-63-53(58)59)48(84)70-37(25-41(77)78)50(86)67-33(13-8-19-62-52(56)57)47(83)68-35(17-18-39(55)74)45(81)61-22-21-60-31-16-15-28(72(88)89)23-38(31)73(90)91/h6-7,11-12,15-16,23,26-27,32-37,42,60H,5,8-10,13-14,17-22,24-25,54H2,1-4H3,(H2,55,74)(H,61,81)(H,64,87)(H,65,85)(H,66,82)(H,67,86)(H,68,83)(H,69,79)(H,70,84)(H,71,80)(H,75,76)(H,77,78)(H4,56,57,62)(H4,58,59,63)/t27-,32-,33-,34-,35-,36-,37-,42-/m0/s1. The van der Waals surface area contributed by atoms with E-state index in [9.17, 15) is 88.0 Å². The fourth-order valence-electron chi connectivity index (χ4n) is 8.35. The summed E-state index contributed by atoms with van der Waals surface area (Å²) >= 11 is 0. The van der Waals surface area contributed by atoms with E-state index in [1.165, 1.54) is 19.1 Å². The van der Waals surface area contributed by atoms with Gasteiger partial charge in [0.2, 0.25) is 53.2 Å². The molecule has 0 aliphatic heterocycles. The molecule has 2 aromatic carbocycles. The minimum absolute atomic E-state index is 0.0571. The average Bonchev–Trinajstić information content (AvgIpc) is 2.54. The second kappa shape index (κ2) is 38.3. The normalized spacial score (nSPS) is 13.4. The molecular formula is C53H80N20O18. The van der Waals surface area contributed by atoms with Gasteiger partial charge in [-0.15, -0.1) is 0 Å². The van der Waals surface area contributed by atoms with Gasteiger partial charge in [-0.3, -0.25) is 87.7 Å². The fraction of sp³-hybridized carbons (Fsp3) is 0.509. The van der Waals surface area contributed by atoms with Gasteiger partial charge in [0.1, 0.15) is 54.0 Å². The van der Waals surface area contributed by atoms with Crippen LogP contribution in [0.1, 0.15) is 102 Å². The Balaban J connectivity index is 2.41. The topological polar surface area (TPSA) is 633 Å². The monoisotopic (exact) mass is 1280 g/mol. The number of carbonyl (C=O) groups is 12. The summed E-state index contributed by atoms with van der Waals surface area (Å²) in [6, 6.07) is -4.20. The van der Waals surface area contributed by atoms with Crippen LogP contribution in [0.25, 0.3) is 0 Å². The quantitative estimate of drug-likeness (QED) is 0.00746. The molecule has 2 rings (SSSR count). The van der Waals surface area contributed by atoms with Crippen molar-refractivity contribution >= 4 is 106 Å². The minimum atomic E-state index is -2.04. The molecule has 0 aromatic heterocycles. The van der Waals surface area contributed by atoms with E-state index < -0.39 is 172 Å². The molecule has 2 aromatic rings. The number of guanidine groups is 2. The number of rotatable bonds is 41. The highest BCUT2D eigenvalue weighted by Crippen LogP contribution is 2.28. The molecule has 0 bridgehead atoms. The third kappa shape index (κ3) is 27.7. The van der Waals surface area contributed by atoms with Crippen LogP contribution >= 0.6 is 0 Å². The highest BCUT2D eigenvalue weighted by Gasteiger charge is 2.36. The smallest absolute Gasteiger partial charge is 0.305 e. The predicted octanol–water partition coefficient (Wildman–Crippen LogP) is -4.40. The molecule has 500 valence electrons. The first-order valence-corrected chi connectivity index (χ1v) is 28.3. The Morgan fingerprint density at radius 3 is 1.45 bits per heavy atom. The Bertz CT molecular complexity index is 3030. The van der Waals surface area contributed by atoms with Crippen LogP contribution in [0.2, 0.25) is 0 Å². The second-order valence-corrected chi connectivity index (χ2v) is 20.7. The number of primary amides is 1. The Labute approximate surface area is 520 Å². The number of aliphatic carboxylic acids is 2. The highest BCUT2D eigenvalue weighted by molar-refractivity contribution is 6.03. The zero-order valence-corrected chi connectivity index (χ0v) is 50.3. The summed E-state index contributed by atoms with van der Waals surface area (Å²) in [5, 5.41) is 66.6. The number of nitro groups is 2. The van der Waals surface area contributed by atoms with E-state index in [-0.39, 0.29) is 93.6 Å². The number of aliphatic imine (C=N–C) groups is 2. The summed E-state index contributed by atoms with van der Waals surface area (Å²) in [7, 11) is 0. The number of nitrogens with zero attached hydrogens (tertiary/aromatic N) is 4. The van der Waals surface area contributed by atoms with Crippen molar-refractivity contribution in [3.63, 3.8) is 0 Å². The largest absolute Gasteiger partial charge is 0.481 e. The van der Waals surface area contributed by atoms with Gasteiger partial charge in [-0.05, 0) is 69.6 Å². The van der Waals surface area contributed by atoms with Crippen LogP contribution in [0, 0.1) is 26.1 Å². The number of carbonyl (C=O) groups excluding carboxylic acids is 10. The number of carboxylic acids is 2. The van der Waals surface area contributed by atoms with E-state index >= 15 is 0 Å². The maximum absolute atomic E-state index is 14.2. The van der Waals surface area contributed by atoms with Gasteiger partial charge < -0.3 is 97.8 Å². The molecule has 24 N–H and O–H groups in total. The van der Waals surface area contributed by atoms with Gasteiger partial charge in [-0.1, -0.05) is 39.3 Å². The van der Waals surface area contributed by atoms with Crippen LogP contribution < -0.4 is 87.6 Å². The Morgan fingerprint density at radius 1 is 0.549 bits per heavy atom. The lowest BCUT2D eigenvalue weighted by Gasteiger charge is -2.27. The first kappa shape index (κ1) is 76.1. The number of hydrogen-bond acceptors (Lipinski definition) is 20. The molecule has 8 atom stereocenters. The number of nitro benzene ring substituents is 2. The van der Waals surface area contributed by atoms with Crippen molar-refractivity contribution in [1.29, 1.82) is 0 Å². The zero-order chi connectivity index (χ0) is 68.7. The number of nitrogen functional groups attached to an aromatic ring is 1.